The fraction of sp³-hybridized carbons (Fsp3) is 0.983. The molecule has 0 aromatic heterocycles. The van der Waals surface area contributed by atoms with Crippen LogP contribution in [-0.4, -0.2) is 44.5 Å². The van der Waals surface area contributed by atoms with Gasteiger partial charge >= 0.3 is 0 Å². The Hall–Kier alpha value is -0.610. The van der Waals surface area contributed by atoms with Gasteiger partial charge in [-0.25, -0.2) is 4.99 Å². The standard InChI is InChI=1S/C58H115NO3/c1-4-7-10-13-16-19-22-25-28-31-34-37-40-43-46-49-52-60-54-58(55-61-53-50-47-44-41-38-35-32-29-26-23-20-17-14-11-8-5-2)56-62-57(59-58)51-48-45-42-39-36-33-30-27-24-21-18-15-12-9-6-3/h4-56H2,1-3H3. The van der Waals surface area contributed by atoms with E-state index in [-0.39, 0.29) is 5.54 Å². The van der Waals surface area contributed by atoms with E-state index in [1.165, 1.54) is 289 Å². The summed E-state index contributed by atoms with van der Waals surface area (Å²) in [4.78, 5) is 5.20. The molecule has 0 fully saturated rings. The first kappa shape index (κ1) is 59.4. The number of nitrogens with zero attached hydrogens (tertiary/aromatic N) is 1. The van der Waals surface area contributed by atoms with E-state index in [0.717, 1.165) is 38.4 Å². The molecule has 0 atom stereocenters. The van der Waals surface area contributed by atoms with E-state index in [4.69, 9.17) is 19.2 Å². The number of ether oxygens (including phenoxy) is 3. The quantitative estimate of drug-likeness (QED) is 0.0572. The monoisotopic (exact) mass is 874 g/mol. The normalized spacial score (nSPS) is 13.6. The van der Waals surface area contributed by atoms with Crippen LogP contribution in [0.1, 0.15) is 329 Å². The van der Waals surface area contributed by atoms with Crippen molar-refractivity contribution < 1.29 is 14.2 Å². The fourth-order valence-corrected chi connectivity index (χ4v) is 9.54. The highest BCUT2D eigenvalue weighted by Crippen LogP contribution is 2.24. The summed E-state index contributed by atoms with van der Waals surface area (Å²) in [6.07, 6.45) is 66.7. The number of rotatable bonds is 54. The molecular formula is C58H115NO3. The van der Waals surface area contributed by atoms with Gasteiger partial charge in [0.25, 0.3) is 0 Å². The van der Waals surface area contributed by atoms with Crippen LogP contribution in [0.15, 0.2) is 4.99 Å². The summed E-state index contributed by atoms with van der Waals surface area (Å²) in [5, 5.41) is 0. The van der Waals surface area contributed by atoms with Crippen LogP contribution in [0, 0.1) is 0 Å². The third kappa shape index (κ3) is 42.1. The number of aliphatic imine (C=N–C) groups is 1. The number of hydrogen-bond donors (Lipinski definition) is 0. The van der Waals surface area contributed by atoms with Crippen LogP contribution in [0.25, 0.3) is 0 Å². The molecule has 1 heterocycles. The van der Waals surface area contributed by atoms with E-state index >= 15 is 0 Å². The second kappa shape index (κ2) is 49.8. The van der Waals surface area contributed by atoms with Crippen LogP contribution < -0.4 is 0 Å². The average Bonchev–Trinajstić information content (AvgIpc) is 3.69. The molecule has 1 rings (SSSR count). The highest BCUT2D eigenvalue weighted by molar-refractivity contribution is 5.78. The molecule has 0 unspecified atom stereocenters. The third-order valence-corrected chi connectivity index (χ3v) is 13.9. The van der Waals surface area contributed by atoms with E-state index in [1.54, 1.807) is 0 Å². The van der Waals surface area contributed by atoms with E-state index in [0.29, 0.717) is 19.8 Å². The average molecular weight is 875 g/mol. The summed E-state index contributed by atoms with van der Waals surface area (Å²) >= 11 is 0. The van der Waals surface area contributed by atoms with E-state index < -0.39 is 0 Å². The molecule has 0 radical (unpaired) electrons. The van der Waals surface area contributed by atoms with Crippen molar-refractivity contribution in [3.8, 4) is 0 Å². The van der Waals surface area contributed by atoms with Gasteiger partial charge < -0.3 is 14.2 Å². The van der Waals surface area contributed by atoms with Gasteiger partial charge in [-0.2, -0.15) is 0 Å². The van der Waals surface area contributed by atoms with Gasteiger partial charge in [-0.05, 0) is 19.3 Å². The first-order valence-electron chi connectivity index (χ1n) is 29.1. The smallest absolute Gasteiger partial charge is 0.184 e. The Morgan fingerprint density at radius 1 is 0.323 bits per heavy atom. The van der Waals surface area contributed by atoms with Crippen LogP contribution in [-0.2, 0) is 14.2 Å². The molecule has 4 heteroatoms. The zero-order valence-electron chi connectivity index (χ0n) is 43.1. The molecule has 62 heavy (non-hydrogen) atoms. The molecule has 0 aromatic carbocycles. The SMILES string of the molecule is CCCCCCCCCCCCCCCCCCOCC1(COCCCCCCCCCCCCCCCCCC)COC(CCCCCCCCCCCCCCCCC)=N1. The minimum Gasteiger partial charge on any atom is -0.478 e. The van der Waals surface area contributed by atoms with Crippen molar-refractivity contribution in [1.29, 1.82) is 0 Å². The van der Waals surface area contributed by atoms with Gasteiger partial charge in [-0.1, -0.05) is 303 Å². The van der Waals surface area contributed by atoms with Crippen LogP contribution in [0.3, 0.4) is 0 Å². The first-order valence-corrected chi connectivity index (χ1v) is 29.1. The van der Waals surface area contributed by atoms with Gasteiger partial charge in [0, 0.05) is 19.6 Å². The fourth-order valence-electron chi connectivity index (χ4n) is 9.54. The topological polar surface area (TPSA) is 40.0 Å². The lowest BCUT2D eigenvalue weighted by Gasteiger charge is -2.24. The molecule has 4 nitrogen and oxygen atoms in total. The van der Waals surface area contributed by atoms with Gasteiger partial charge in [0.15, 0.2) is 5.90 Å². The van der Waals surface area contributed by atoms with Gasteiger partial charge in [0.2, 0.25) is 0 Å². The van der Waals surface area contributed by atoms with Crippen molar-refractivity contribution in [2.24, 2.45) is 4.99 Å². The maximum absolute atomic E-state index is 6.34. The molecule has 1 aliphatic rings. The van der Waals surface area contributed by atoms with E-state index in [1.807, 2.05) is 0 Å². The highest BCUT2D eigenvalue weighted by atomic mass is 16.5. The largest absolute Gasteiger partial charge is 0.478 e. The second-order valence-electron chi connectivity index (χ2n) is 20.4. The van der Waals surface area contributed by atoms with Crippen LogP contribution in [0.2, 0.25) is 0 Å². The molecule has 0 amide bonds. The summed E-state index contributed by atoms with van der Waals surface area (Å²) < 4.78 is 18.9. The van der Waals surface area contributed by atoms with Crippen molar-refractivity contribution in [3.05, 3.63) is 0 Å². The summed E-state index contributed by atoms with van der Waals surface area (Å²) in [5.41, 5.74) is -0.352. The Morgan fingerprint density at radius 2 is 0.548 bits per heavy atom. The molecular weight excluding hydrogens is 759 g/mol. The molecule has 370 valence electrons. The van der Waals surface area contributed by atoms with Gasteiger partial charge in [0.1, 0.15) is 12.1 Å². The maximum Gasteiger partial charge on any atom is 0.184 e. The van der Waals surface area contributed by atoms with Gasteiger partial charge in [-0.3, -0.25) is 0 Å². The van der Waals surface area contributed by atoms with E-state index in [9.17, 15) is 0 Å². The highest BCUT2D eigenvalue weighted by Gasteiger charge is 2.37. The Balaban J connectivity index is 2.21. The van der Waals surface area contributed by atoms with Gasteiger partial charge in [0.05, 0.1) is 13.2 Å². The predicted octanol–water partition coefficient (Wildman–Crippen LogP) is 20.0. The molecule has 0 spiro atoms. The number of hydrogen-bond acceptors (Lipinski definition) is 4. The molecule has 0 saturated heterocycles. The van der Waals surface area contributed by atoms with E-state index in [2.05, 4.69) is 20.8 Å². The Kier molecular flexibility index (Phi) is 47.7. The molecule has 0 aromatic rings. The lowest BCUT2D eigenvalue weighted by Crippen LogP contribution is -2.40. The Labute approximate surface area is 391 Å². The predicted molar refractivity (Wildman–Crippen MR) is 276 cm³/mol. The lowest BCUT2D eigenvalue weighted by molar-refractivity contribution is 0.0114. The minimum absolute atomic E-state index is 0.352. The van der Waals surface area contributed by atoms with Gasteiger partial charge in [-0.15, -0.1) is 0 Å². The summed E-state index contributed by atoms with van der Waals surface area (Å²) in [6, 6.07) is 0. The minimum atomic E-state index is -0.352. The summed E-state index contributed by atoms with van der Waals surface area (Å²) in [5.74, 6) is 0.955. The van der Waals surface area contributed by atoms with Crippen molar-refractivity contribution in [2.75, 3.05) is 33.0 Å². The van der Waals surface area contributed by atoms with Crippen LogP contribution in [0.5, 0.6) is 0 Å². The van der Waals surface area contributed by atoms with Crippen molar-refractivity contribution in [1.82, 2.24) is 0 Å². The van der Waals surface area contributed by atoms with Crippen molar-refractivity contribution in [2.45, 2.75) is 335 Å². The zero-order chi connectivity index (χ0) is 44.4. The first-order chi connectivity index (χ1) is 30.8. The van der Waals surface area contributed by atoms with Crippen LogP contribution >= 0.6 is 0 Å². The molecule has 0 saturated carbocycles. The van der Waals surface area contributed by atoms with Crippen molar-refractivity contribution in [3.63, 3.8) is 0 Å². The molecule has 0 bridgehead atoms. The molecule has 0 N–H and O–H groups in total. The summed E-state index contributed by atoms with van der Waals surface area (Å²) in [7, 11) is 0. The Morgan fingerprint density at radius 3 is 0.806 bits per heavy atom. The second-order valence-corrected chi connectivity index (χ2v) is 20.4. The van der Waals surface area contributed by atoms with Crippen molar-refractivity contribution >= 4 is 5.90 Å². The number of unbranched alkanes of at least 4 members (excludes halogenated alkanes) is 44. The molecule has 0 aliphatic carbocycles. The lowest BCUT2D eigenvalue weighted by atomic mass is 10.0. The maximum atomic E-state index is 6.34. The van der Waals surface area contributed by atoms with Crippen LogP contribution in [0.4, 0.5) is 0 Å². The molecule has 1 aliphatic heterocycles. The Bertz CT molecular complexity index is 835. The third-order valence-electron chi connectivity index (χ3n) is 13.9. The summed E-state index contributed by atoms with van der Waals surface area (Å²) in [6.45, 7) is 10.5. The zero-order valence-corrected chi connectivity index (χ0v) is 43.1.